The molecule has 0 aromatic rings. The minimum atomic E-state index is -0.369. The normalized spacial score (nSPS) is 10.6. The summed E-state index contributed by atoms with van der Waals surface area (Å²) < 4.78 is 0. The van der Waals surface area contributed by atoms with E-state index in [1.54, 1.807) is 11.7 Å². The number of nitrogens with one attached hydrogen (secondary N) is 2. The standard InChI is InChI=1S/C26H43N5O7S/c1-20(32)6-13-29(15-8-22(34)27-3)24(36)10-17-31(26(38)12-19-39-5)18-11-25(37)30(14-7-21(2)33)16-9-23(35)28-4/h12,19H,6-11,13-18H2,1-5H3,(H,27,34)(H,28,35). The lowest BCUT2D eigenvalue weighted by molar-refractivity contribution is -0.133. The van der Waals surface area contributed by atoms with Crippen LogP contribution >= 0.6 is 11.8 Å². The molecule has 0 aliphatic heterocycles. The summed E-state index contributed by atoms with van der Waals surface area (Å²) >= 11 is 1.33. The maximum absolute atomic E-state index is 12.9. The van der Waals surface area contributed by atoms with Crippen LogP contribution in [0.5, 0.6) is 0 Å². The Bertz CT molecular complexity index is 836. The van der Waals surface area contributed by atoms with Crippen LogP contribution in [-0.4, -0.2) is 115 Å². The van der Waals surface area contributed by atoms with Crippen molar-refractivity contribution in [1.82, 2.24) is 25.3 Å². The van der Waals surface area contributed by atoms with Crippen molar-refractivity contribution in [3.05, 3.63) is 11.5 Å². The number of thioether (sulfide) groups is 1. The quantitative estimate of drug-likeness (QED) is 0.199. The van der Waals surface area contributed by atoms with Gasteiger partial charge in [0, 0.05) is 98.0 Å². The number of amides is 5. The number of rotatable bonds is 20. The molecule has 2 N–H and O–H groups in total. The SMILES string of the molecule is CNC(=O)CCN(CCC(C)=O)C(=O)CCN(CCC(=O)N(CCC(C)=O)CCC(=O)NC)C(=O)C=CSC. The van der Waals surface area contributed by atoms with Gasteiger partial charge >= 0.3 is 0 Å². The van der Waals surface area contributed by atoms with Crippen molar-refractivity contribution >= 4 is 52.9 Å². The summed E-state index contributed by atoms with van der Waals surface area (Å²) in [4.78, 5) is 89.2. The molecule has 0 aliphatic rings. The lowest BCUT2D eigenvalue weighted by atomic mass is 10.2. The lowest BCUT2D eigenvalue weighted by Gasteiger charge is -2.27. The number of Topliss-reactive ketones (excluding diaryl/α,β-unsaturated/α-hetero) is 2. The predicted octanol–water partition coefficient (Wildman–Crippen LogP) is 0.360. The Morgan fingerprint density at radius 2 is 0.949 bits per heavy atom. The van der Waals surface area contributed by atoms with Crippen LogP contribution < -0.4 is 10.6 Å². The average Bonchev–Trinajstić information content (AvgIpc) is 2.90. The molecule has 0 rings (SSSR count). The van der Waals surface area contributed by atoms with Crippen LogP contribution in [0.1, 0.15) is 52.4 Å². The topological polar surface area (TPSA) is 153 Å². The van der Waals surface area contributed by atoms with Gasteiger partial charge in [0.1, 0.15) is 11.6 Å². The zero-order valence-electron chi connectivity index (χ0n) is 23.7. The molecular formula is C26H43N5O7S. The Hall–Kier alpha value is -3.22. The van der Waals surface area contributed by atoms with E-state index in [4.69, 9.17) is 0 Å². The van der Waals surface area contributed by atoms with Crippen LogP contribution in [0.4, 0.5) is 0 Å². The van der Waals surface area contributed by atoms with Gasteiger partial charge in [0.2, 0.25) is 29.5 Å². The molecule has 0 saturated carbocycles. The van der Waals surface area contributed by atoms with Gasteiger partial charge in [0.25, 0.3) is 0 Å². The summed E-state index contributed by atoms with van der Waals surface area (Å²) in [5, 5.41) is 6.59. The zero-order valence-corrected chi connectivity index (χ0v) is 24.6. The fourth-order valence-corrected chi connectivity index (χ4v) is 3.62. The predicted molar refractivity (Wildman–Crippen MR) is 150 cm³/mol. The van der Waals surface area contributed by atoms with Gasteiger partial charge in [-0.1, -0.05) is 0 Å². The number of carbonyl (C=O) groups excluding carboxylic acids is 7. The molecule has 220 valence electrons. The Labute approximate surface area is 235 Å². The molecule has 0 aliphatic carbocycles. The van der Waals surface area contributed by atoms with E-state index in [-0.39, 0.29) is 119 Å². The van der Waals surface area contributed by atoms with Crippen molar-refractivity contribution in [3.8, 4) is 0 Å². The van der Waals surface area contributed by atoms with Gasteiger partial charge in [0.05, 0.1) is 0 Å². The number of nitrogens with zero attached hydrogens (tertiary/aromatic N) is 3. The average molecular weight is 570 g/mol. The van der Waals surface area contributed by atoms with Crippen LogP contribution in [0.2, 0.25) is 0 Å². The van der Waals surface area contributed by atoms with Crippen molar-refractivity contribution < 1.29 is 33.6 Å². The van der Waals surface area contributed by atoms with E-state index in [9.17, 15) is 33.6 Å². The largest absolute Gasteiger partial charge is 0.359 e. The smallest absolute Gasteiger partial charge is 0.247 e. The molecule has 39 heavy (non-hydrogen) atoms. The first-order valence-corrected chi connectivity index (χ1v) is 14.2. The minimum Gasteiger partial charge on any atom is -0.359 e. The van der Waals surface area contributed by atoms with Gasteiger partial charge in [0.15, 0.2) is 0 Å². The molecule has 0 aromatic heterocycles. The van der Waals surface area contributed by atoms with E-state index in [1.807, 2.05) is 0 Å². The fourth-order valence-electron chi connectivity index (χ4n) is 3.37. The molecule has 0 radical (unpaired) electrons. The summed E-state index contributed by atoms with van der Waals surface area (Å²) in [6, 6.07) is 0. The molecule has 0 heterocycles. The van der Waals surface area contributed by atoms with Gasteiger partial charge < -0.3 is 25.3 Å². The van der Waals surface area contributed by atoms with E-state index in [0.717, 1.165) is 0 Å². The molecule has 0 fully saturated rings. The van der Waals surface area contributed by atoms with Gasteiger partial charge in [-0.05, 0) is 25.5 Å². The Balaban J connectivity index is 5.42. The van der Waals surface area contributed by atoms with Gasteiger partial charge in [-0.2, -0.15) is 0 Å². The number of carbonyl (C=O) groups is 7. The maximum Gasteiger partial charge on any atom is 0.247 e. The van der Waals surface area contributed by atoms with E-state index < -0.39 is 0 Å². The lowest BCUT2D eigenvalue weighted by Crippen LogP contribution is -2.41. The highest BCUT2D eigenvalue weighted by atomic mass is 32.2. The highest BCUT2D eigenvalue weighted by Crippen LogP contribution is 2.07. The second-order valence-corrected chi connectivity index (χ2v) is 9.62. The summed E-state index contributed by atoms with van der Waals surface area (Å²) in [6.07, 6.45) is 3.52. The molecular weight excluding hydrogens is 526 g/mol. The number of hydrogen-bond donors (Lipinski definition) is 2. The zero-order chi connectivity index (χ0) is 29.8. The molecule has 0 spiro atoms. The molecule has 0 aromatic carbocycles. The summed E-state index contributed by atoms with van der Waals surface area (Å²) in [5.74, 6) is -1.64. The van der Waals surface area contributed by atoms with E-state index in [0.29, 0.717) is 0 Å². The Morgan fingerprint density at radius 1 is 0.590 bits per heavy atom. The van der Waals surface area contributed by atoms with E-state index >= 15 is 0 Å². The molecule has 13 heteroatoms. The van der Waals surface area contributed by atoms with E-state index in [2.05, 4.69) is 10.6 Å². The van der Waals surface area contributed by atoms with Gasteiger partial charge in [-0.3, -0.25) is 33.6 Å². The third-order valence-electron chi connectivity index (χ3n) is 5.80. The highest BCUT2D eigenvalue weighted by Gasteiger charge is 2.21. The van der Waals surface area contributed by atoms with Crippen molar-refractivity contribution in [1.29, 1.82) is 0 Å². The first-order chi connectivity index (χ1) is 18.4. The fraction of sp³-hybridized carbons (Fsp3) is 0.654. The summed E-state index contributed by atoms with van der Waals surface area (Å²) in [7, 11) is 2.99. The van der Waals surface area contributed by atoms with Gasteiger partial charge in [-0.15, -0.1) is 11.8 Å². The number of ketones is 2. The van der Waals surface area contributed by atoms with Crippen molar-refractivity contribution in [2.75, 3.05) is 59.6 Å². The molecule has 0 unspecified atom stereocenters. The van der Waals surface area contributed by atoms with Crippen LogP contribution in [0.25, 0.3) is 0 Å². The number of hydrogen-bond acceptors (Lipinski definition) is 8. The second-order valence-electron chi connectivity index (χ2n) is 8.88. The third kappa shape index (κ3) is 17.1. The van der Waals surface area contributed by atoms with Crippen LogP contribution in [0, 0.1) is 0 Å². The summed E-state index contributed by atoms with van der Waals surface area (Å²) in [6.45, 7) is 3.53. The second kappa shape index (κ2) is 20.7. The van der Waals surface area contributed by atoms with Crippen LogP contribution in [0.15, 0.2) is 11.5 Å². The maximum atomic E-state index is 12.9. The van der Waals surface area contributed by atoms with Crippen molar-refractivity contribution in [2.24, 2.45) is 0 Å². The molecule has 12 nitrogen and oxygen atoms in total. The molecule has 0 atom stereocenters. The monoisotopic (exact) mass is 569 g/mol. The minimum absolute atomic E-state index is 0.0336. The molecule has 5 amide bonds. The van der Waals surface area contributed by atoms with Crippen molar-refractivity contribution in [2.45, 2.75) is 52.4 Å². The first-order valence-electron chi connectivity index (χ1n) is 12.9. The summed E-state index contributed by atoms with van der Waals surface area (Å²) in [5.41, 5.74) is 0. The Morgan fingerprint density at radius 3 is 1.28 bits per heavy atom. The molecule has 0 bridgehead atoms. The first kappa shape index (κ1) is 35.8. The van der Waals surface area contributed by atoms with Crippen LogP contribution in [0.3, 0.4) is 0 Å². The van der Waals surface area contributed by atoms with E-state index in [1.165, 1.54) is 60.5 Å². The van der Waals surface area contributed by atoms with Gasteiger partial charge in [-0.25, -0.2) is 0 Å². The Kier molecular flexibility index (Phi) is 19.0. The highest BCUT2D eigenvalue weighted by molar-refractivity contribution is 8.01. The van der Waals surface area contributed by atoms with Crippen molar-refractivity contribution in [3.63, 3.8) is 0 Å². The molecule has 0 saturated heterocycles. The van der Waals surface area contributed by atoms with Crippen LogP contribution in [-0.2, 0) is 33.6 Å². The third-order valence-corrected chi connectivity index (χ3v) is 6.21.